The lowest BCUT2D eigenvalue weighted by Gasteiger charge is -2.17. The lowest BCUT2D eigenvalue weighted by atomic mass is 9.98. The fourth-order valence-corrected chi connectivity index (χ4v) is 2.64. The van der Waals surface area contributed by atoms with Crippen molar-refractivity contribution in [3.05, 3.63) is 23.7 Å². The molecular formula is C15H22N6O3. The van der Waals surface area contributed by atoms with Gasteiger partial charge in [0.25, 0.3) is 0 Å². The number of rotatable bonds is 5. The van der Waals surface area contributed by atoms with E-state index < -0.39 is 0 Å². The molecule has 2 atom stereocenters. The summed E-state index contributed by atoms with van der Waals surface area (Å²) in [4.78, 5) is 12.2. The van der Waals surface area contributed by atoms with Crippen molar-refractivity contribution in [1.82, 2.24) is 25.5 Å². The Bertz CT molecular complexity index is 695. The highest BCUT2D eigenvalue weighted by Crippen LogP contribution is 2.20. The van der Waals surface area contributed by atoms with E-state index in [0.717, 1.165) is 11.5 Å². The molecule has 1 saturated heterocycles. The number of amides is 2. The summed E-state index contributed by atoms with van der Waals surface area (Å²) in [5.41, 5.74) is 0.847. The van der Waals surface area contributed by atoms with Gasteiger partial charge in [0.1, 0.15) is 5.76 Å². The Kier molecular flexibility index (Phi) is 4.79. The minimum atomic E-state index is -0.319. The molecule has 2 N–H and O–H groups in total. The van der Waals surface area contributed by atoms with Gasteiger partial charge in [-0.1, -0.05) is 10.4 Å². The minimum Gasteiger partial charge on any atom is -0.379 e. The number of nitrogens with one attached hydrogen (secondary N) is 2. The summed E-state index contributed by atoms with van der Waals surface area (Å²) in [5.74, 6) is 1.37. The summed E-state index contributed by atoms with van der Waals surface area (Å²) in [5, 5.41) is 17.4. The normalized spacial score (nSPS) is 20.5. The zero-order valence-corrected chi connectivity index (χ0v) is 14.0. The number of aryl methyl sites for hydroxylation is 1. The standard InChI is InChI=1S/C15H22N6O3/c1-9(2)21-6-14(18-20-21)17-15(22)16-13-8-23-7-11(13)5-12-4-10(3)19-24-12/h4,6,9,11,13H,5,7-8H2,1-3H3,(H2,16,17,22)/t11-,13+/m1/s1. The molecular weight excluding hydrogens is 312 g/mol. The second-order valence-electron chi connectivity index (χ2n) is 6.32. The first-order valence-electron chi connectivity index (χ1n) is 8.00. The molecule has 24 heavy (non-hydrogen) atoms. The fourth-order valence-electron chi connectivity index (χ4n) is 2.64. The van der Waals surface area contributed by atoms with Crippen molar-refractivity contribution < 1.29 is 14.1 Å². The molecule has 0 bridgehead atoms. The van der Waals surface area contributed by atoms with E-state index in [1.165, 1.54) is 0 Å². The summed E-state index contributed by atoms with van der Waals surface area (Å²) in [6.07, 6.45) is 2.37. The predicted octanol–water partition coefficient (Wildman–Crippen LogP) is 1.53. The van der Waals surface area contributed by atoms with E-state index in [9.17, 15) is 4.79 Å². The maximum absolute atomic E-state index is 12.2. The number of nitrogens with zero attached hydrogens (tertiary/aromatic N) is 4. The molecule has 2 amide bonds. The van der Waals surface area contributed by atoms with Gasteiger partial charge in [-0.15, -0.1) is 5.10 Å². The monoisotopic (exact) mass is 334 g/mol. The molecule has 1 aliphatic rings. The van der Waals surface area contributed by atoms with Gasteiger partial charge in [0.2, 0.25) is 0 Å². The quantitative estimate of drug-likeness (QED) is 0.859. The maximum atomic E-state index is 12.2. The third kappa shape index (κ3) is 3.91. The molecule has 1 fully saturated rings. The van der Waals surface area contributed by atoms with Crippen LogP contribution >= 0.6 is 0 Å². The van der Waals surface area contributed by atoms with Crippen molar-refractivity contribution in [2.45, 2.75) is 39.3 Å². The number of urea groups is 1. The van der Waals surface area contributed by atoms with Crippen molar-refractivity contribution in [1.29, 1.82) is 0 Å². The summed E-state index contributed by atoms with van der Waals surface area (Å²) in [6.45, 7) is 6.91. The predicted molar refractivity (Wildman–Crippen MR) is 85.6 cm³/mol. The van der Waals surface area contributed by atoms with E-state index in [1.807, 2.05) is 26.8 Å². The zero-order valence-electron chi connectivity index (χ0n) is 14.0. The minimum absolute atomic E-state index is 0.0875. The van der Waals surface area contributed by atoms with E-state index in [4.69, 9.17) is 9.26 Å². The van der Waals surface area contributed by atoms with Crippen LogP contribution < -0.4 is 10.6 Å². The van der Waals surface area contributed by atoms with E-state index >= 15 is 0 Å². The second kappa shape index (κ2) is 7.00. The van der Waals surface area contributed by atoms with Crippen molar-refractivity contribution in [3.63, 3.8) is 0 Å². The second-order valence-corrected chi connectivity index (χ2v) is 6.32. The fraction of sp³-hybridized carbons (Fsp3) is 0.600. The highest BCUT2D eigenvalue weighted by Gasteiger charge is 2.31. The molecule has 130 valence electrons. The van der Waals surface area contributed by atoms with E-state index in [-0.39, 0.29) is 24.0 Å². The van der Waals surface area contributed by atoms with Crippen LogP contribution in [0.15, 0.2) is 16.8 Å². The third-order valence-corrected chi connectivity index (χ3v) is 3.94. The summed E-state index contributed by atoms with van der Waals surface area (Å²) in [6, 6.07) is 1.68. The molecule has 0 aliphatic carbocycles. The maximum Gasteiger partial charge on any atom is 0.320 e. The Morgan fingerprint density at radius 1 is 1.46 bits per heavy atom. The summed E-state index contributed by atoms with van der Waals surface area (Å²) < 4.78 is 12.4. The lowest BCUT2D eigenvalue weighted by Crippen LogP contribution is -2.42. The van der Waals surface area contributed by atoms with Gasteiger partial charge in [0.15, 0.2) is 5.82 Å². The van der Waals surface area contributed by atoms with E-state index in [1.54, 1.807) is 10.9 Å². The van der Waals surface area contributed by atoms with Crippen molar-refractivity contribution >= 4 is 11.8 Å². The van der Waals surface area contributed by atoms with Crippen molar-refractivity contribution in [2.75, 3.05) is 18.5 Å². The van der Waals surface area contributed by atoms with Gasteiger partial charge in [-0.25, -0.2) is 9.48 Å². The summed E-state index contributed by atoms with van der Waals surface area (Å²) >= 11 is 0. The number of hydrogen-bond donors (Lipinski definition) is 2. The van der Waals surface area contributed by atoms with E-state index in [0.29, 0.717) is 25.5 Å². The highest BCUT2D eigenvalue weighted by atomic mass is 16.5. The Morgan fingerprint density at radius 3 is 2.96 bits per heavy atom. The van der Waals surface area contributed by atoms with Gasteiger partial charge in [-0.05, 0) is 20.8 Å². The first kappa shape index (κ1) is 16.4. The molecule has 3 heterocycles. The van der Waals surface area contributed by atoms with Crippen LogP contribution in [0.2, 0.25) is 0 Å². The van der Waals surface area contributed by atoms with Gasteiger partial charge < -0.3 is 14.6 Å². The molecule has 2 aromatic rings. The van der Waals surface area contributed by atoms with E-state index in [2.05, 4.69) is 26.1 Å². The van der Waals surface area contributed by atoms with Crippen molar-refractivity contribution in [2.24, 2.45) is 5.92 Å². The first-order valence-corrected chi connectivity index (χ1v) is 8.00. The number of ether oxygens (including phenoxy) is 1. The molecule has 0 saturated carbocycles. The number of anilines is 1. The van der Waals surface area contributed by atoms with Gasteiger partial charge in [-0.2, -0.15) is 0 Å². The molecule has 1 aliphatic heterocycles. The number of carbonyl (C=O) groups is 1. The number of aromatic nitrogens is 4. The molecule has 2 aromatic heterocycles. The Morgan fingerprint density at radius 2 is 2.29 bits per heavy atom. The summed E-state index contributed by atoms with van der Waals surface area (Å²) in [7, 11) is 0. The molecule has 3 rings (SSSR count). The third-order valence-electron chi connectivity index (χ3n) is 3.94. The molecule has 9 nitrogen and oxygen atoms in total. The molecule has 0 aromatic carbocycles. The number of carbonyl (C=O) groups excluding carboxylic acids is 1. The van der Waals surface area contributed by atoms with Crippen LogP contribution in [-0.2, 0) is 11.2 Å². The first-order chi connectivity index (χ1) is 11.5. The van der Waals surface area contributed by atoms with Crippen LogP contribution in [0.4, 0.5) is 10.6 Å². The zero-order chi connectivity index (χ0) is 17.1. The highest BCUT2D eigenvalue weighted by molar-refractivity contribution is 5.88. The van der Waals surface area contributed by atoms with Crippen LogP contribution in [0.25, 0.3) is 0 Å². The van der Waals surface area contributed by atoms with Crippen LogP contribution in [0.5, 0.6) is 0 Å². The SMILES string of the molecule is Cc1cc(C[C@@H]2COC[C@@H]2NC(=O)Nc2cn(C(C)C)nn2)on1. The van der Waals surface area contributed by atoms with Gasteiger partial charge in [-0.3, -0.25) is 5.32 Å². The smallest absolute Gasteiger partial charge is 0.320 e. The van der Waals surface area contributed by atoms with Gasteiger partial charge in [0, 0.05) is 24.4 Å². The Labute approximate surface area is 139 Å². The van der Waals surface area contributed by atoms with Crippen LogP contribution in [0, 0.1) is 12.8 Å². The molecule has 0 spiro atoms. The van der Waals surface area contributed by atoms with Crippen LogP contribution in [-0.4, -0.2) is 45.4 Å². The van der Waals surface area contributed by atoms with Crippen LogP contribution in [0.1, 0.15) is 31.3 Å². The van der Waals surface area contributed by atoms with Crippen molar-refractivity contribution in [3.8, 4) is 0 Å². The lowest BCUT2D eigenvalue weighted by molar-refractivity contribution is 0.181. The largest absolute Gasteiger partial charge is 0.379 e. The Hall–Kier alpha value is -2.42. The van der Waals surface area contributed by atoms with Gasteiger partial charge >= 0.3 is 6.03 Å². The Balaban J connectivity index is 1.54. The average molecular weight is 334 g/mol. The molecule has 9 heteroatoms. The number of hydrogen-bond acceptors (Lipinski definition) is 6. The topological polar surface area (TPSA) is 107 Å². The molecule has 0 radical (unpaired) electrons. The average Bonchev–Trinajstić information content (AvgIpc) is 3.23. The van der Waals surface area contributed by atoms with Gasteiger partial charge in [0.05, 0.1) is 31.1 Å². The van der Waals surface area contributed by atoms with Crippen LogP contribution in [0.3, 0.4) is 0 Å². The molecule has 0 unspecified atom stereocenters.